The summed E-state index contributed by atoms with van der Waals surface area (Å²) >= 11 is 6.28. The fourth-order valence-corrected chi connectivity index (χ4v) is 2.64. The van der Waals surface area contributed by atoms with Gasteiger partial charge >= 0.3 is 0 Å². The summed E-state index contributed by atoms with van der Waals surface area (Å²) in [5.41, 5.74) is 6.83. The summed E-state index contributed by atoms with van der Waals surface area (Å²) in [6.45, 7) is 0.497. The van der Waals surface area contributed by atoms with E-state index in [9.17, 15) is 0 Å². The van der Waals surface area contributed by atoms with Gasteiger partial charge in [0.15, 0.2) is 0 Å². The van der Waals surface area contributed by atoms with E-state index >= 15 is 0 Å². The standard InChI is InChI=1S/C14H19ClN2O/c1-18-13-8-4-7-11(15)14(13)12(9-16)17-10-5-2-3-6-10/h2-4,7-8,10,12,17H,5-6,9,16H2,1H3. The minimum Gasteiger partial charge on any atom is -0.496 e. The highest BCUT2D eigenvalue weighted by Gasteiger charge is 2.21. The SMILES string of the molecule is COc1cccc(Cl)c1C(CN)NC1CC=CC1. The van der Waals surface area contributed by atoms with Gasteiger partial charge in [0.25, 0.3) is 0 Å². The molecule has 3 nitrogen and oxygen atoms in total. The molecule has 0 amide bonds. The number of nitrogens with one attached hydrogen (secondary N) is 1. The molecule has 1 atom stereocenters. The molecule has 4 heteroatoms. The van der Waals surface area contributed by atoms with Crippen LogP contribution in [0, 0.1) is 0 Å². The Bertz CT molecular complexity index is 426. The van der Waals surface area contributed by atoms with Crippen molar-refractivity contribution >= 4 is 11.6 Å². The number of halogens is 1. The molecule has 0 heterocycles. The van der Waals surface area contributed by atoms with Crippen molar-refractivity contribution < 1.29 is 4.74 Å². The van der Waals surface area contributed by atoms with Gasteiger partial charge in [-0.05, 0) is 25.0 Å². The molecular formula is C14H19ClN2O. The van der Waals surface area contributed by atoms with Crippen molar-refractivity contribution in [2.45, 2.75) is 24.9 Å². The van der Waals surface area contributed by atoms with E-state index in [0.717, 1.165) is 24.2 Å². The maximum Gasteiger partial charge on any atom is 0.125 e. The van der Waals surface area contributed by atoms with Crippen molar-refractivity contribution in [1.29, 1.82) is 0 Å². The Morgan fingerprint density at radius 1 is 1.44 bits per heavy atom. The van der Waals surface area contributed by atoms with Gasteiger partial charge in [0.05, 0.1) is 7.11 Å². The van der Waals surface area contributed by atoms with Crippen LogP contribution in [0.2, 0.25) is 5.02 Å². The van der Waals surface area contributed by atoms with Crippen LogP contribution in [-0.2, 0) is 0 Å². The van der Waals surface area contributed by atoms with Gasteiger partial charge in [-0.3, -0.25) is 0 Å². The smallest absolute Gasteiger partial charge is 0.125 e. The predicted octanol–water partition coefficient (Wildman–Crippen LogP) is 2.66. The Balaban J connectivity index is 2.20. The first kappa shape index (κ1) is 13.4. The molecule has 0 spiro atoms. The van der Waals surface area contributed by atoms with Gasteiger partial charge in [0, 0.05) is 29.2 Å². The molecular weight excluding hydrogens is 248 g/mol. The Kier molecular flexibility index (Phi) is 4.64. The summed E-state index contributed by atoms with van der Waals surface area (Å²) in [4.78, 5) is 0. The normalized spacial score (nSPS) is 17.1. The lowest BCUT2D eigenvalue weighted by Crippen LogP contribution is -2.35. The van der Waals surface area contributed by atoms with Crippen molar-refractivity contribution in [1.82, 2.24) is 5.32 Å². The Hall–Kier alpha value is -1.03. The lowest BCUT2D eigenvalue weighted by atomic mass is 10.0. The molecule has 0 radical (unpaired) electrons. The van der Waals surface area contributed by atoms with Crippen LogP contribution in [-0.4, -0.2) is 19.7 Å². The van der Waals surface area contributed by atoms with E-state index in [1.54, 1.807) is 7.11 Å². The summed E-state index contributed by atoms with van der Waals surface area (Å²) in [5, 5.41) is 4.24. The molecule has 0 aromatic heterocycles. The minimum absolute atomic E-state index is 0.0264. The molecule has 0 aliphatic heterocycles. The molecule has 3 N–H and O–H groups in total. The van der Waals surface area contributed by atoms with Crippen LogP contribution in [0.5, 0.6) is 5.75 Å². The highest BCUT2D eigenvalue weighted by Crippen LogP contribution is 2.32. The van der Waals surface area contributed by atoms with Gasteiger partial charge in [-0.1, -0.05) is 29.8 Å². The third kappa shape index (κ3) is 2.86. The van der Waals surface area contributed by atoms with Gasteiger partial charge in [-0.2, -0.15) is 0 Å². The molecule has 1 aromatic carbocycles. The first-order valence-corrected chi connectivity index (χ1v) is 6.57. The monoisotopic (exact) mass is 266 g/mol. The second kappa shape index (κ2) is 6.23. The molecule has 1 aliphatic carbocycles. The molecule has 2 rings (SSSR count). The van der Waals surface area contributed by atoms with Crippen molar-refractivity contribution in [3.8, 4) is 5.75 Å². The van der Waals surface area contributed by atoms with Crippen LogP contribution in [0.25, 0.3) is 0 Å². The molecule has 0 saturated carbocycles. The second-order valence-electron chi connectivity index (χ2n) is 4.45. The second-order valence-corrected chi connectivity index (χ2v) is 4.86. The Morgan fingerprint density at radius 2 is 2.17 bits per heavy atom. The van der Waals surface area contributed by atoms with Crippen LogP contribution in [0.15, 0.2) is 30.4 Å². The summed E-state index contributed by atoms with van der Waals surface area (Å²) < 4.78 is 5.38. The third-order valence-electron chi connectivity index (χ3n) is 3.26. The van der Waals surface area contributed by atoms with Crippen LogP contribution < -0.4 is 15.8 Å². The van der Waals surface area contributed by atoms with E-state index in [4.69, 9.17) is 22.1 Å². The molecule has 0 fully saturated rings. The average molecular weight is 267 g/mol. The summed E-state index contributed by atoms with van der Waals surface area (Å²) in [5.74, 6) is 0.788. The van der Waals surface area contributed by atoms with E-state index in [2.05, 4.69) is 17.5 Å². The van der Waals surface area contributed by atoms with Crippen molar-refractivity contribution in [3.63, 3.8) is 0 Å². The van der Waals surface area contributed by atoms with Crippen LogP contribution in [0.4, 0.5) is 0 Å². The Morgan fingerprint density at radius 3 is 2.78 bits per heavy atom. The zero-order valence-corrected chi connectivity index (χ0v) is 11.3. The summed E-state index contributed by atoms with van der Waals surface area (Å²) in [6.07, 6.45) is 6.47. The largest absolute Gasteiger partial charge is 0.496 e. The fraction of sp³-hybridized carbons (Fsp3) is 0.429. The number of hydrogen-bond acceptors (Lipinski definition) is 3. The molecule has 18 heavy (non-hydrogen) atoms. The van der Waals surface area contributed by atoms with Crippen molar-refractivity contribution in [3.05, 3.63) is 40.9 Å². The van der Waals surface area contributed by atoms with E-state index in [1.165, 1.54) is 0 Å². The molecule has 1 unspecified atom stereocenters. The minimum atomic E-state index is 0.0264. The highest BCUT2D eigenvalue weighted by atomic mass is 35.5. The Labute approximate surface area is 113 Å². The maximum absolute atomic E-state index is 6.28. The highest BCUT2D eigenvalue weighted by molar-refractivity contribution is 6.31. The predicted molar refractivity (Wildman–Crippen MR) is 75.1 cm³/mol. The van der Waals surface area contributed by atoms with E-state index in [-0.39, 0.29) is 6.04 Å². The number of ether oxygens (including phenoxy) is 1. The van der Waals surface area contributed by atoms with E-state index < -0.39 is 0 Å². The topological polar surface area (TPSA) is 47.3 Å². The van der Waals surface area contributed by atoms with Crippen LogP contribution in [0.1, 0.15) is 24.4 Å². The quantitative estimate of drug-likeness (QED) is 0.806. The molecule has 1 aliphatic rings. The number of rotatable bonds is 5. The maximum atomic E-state index is 6.28. The van der Waals surface area contributed by atoms with Crippen molar-refractivity contribution in [2.75, 3.05) is 13.7 Å². The number of hydrogen-bond donors (Lipinski definition) is 2. The molecule has 1 aromatic rings. The third-order valence-corrected chi connectivity index (χ3v) is 3.59. The average Bonchev–Trinajstić information content (AvgIpc) is 2.89. The lowest BCUT2D eigenvalue weighted by molar-refractivity contribution is 0.390. The zero-order chi connectivity index (χ0) is 13.0. The van der Waals surface area contributed by atoms with Crippen LogP contribution in [0.3, 0.4) is 0 Å². The fourth-order valence-electron chi connectivity index (χ4n) is 2.34. The number of nitrogens with two attached hydrogens (primary N) is 1. The first-order valence-electron chi connectivity index (χ1n) is 6.19. The summed E-state index contributed by atoms with van der Waals surface area (Å²) in [6, 6.07) is 6.14. The lowest BCUT2D eigenvalue weighted by Gasteiger charge is -2.24. The molecule has 0 bridgehead atoms. The first-order chi connectivity index (χ1) is 8.76. The van der Waals surface area contributed by atoms with E-state index in [1.807, 2.05) is 18.2 Å². The van der Waals surface area contributed by atoms with Gasteiger partial charge < -0.3 is 15.8 Å². The summed E-state index contributed by atoms with van der Waals surface area (Å²) in [7, 11) is 1.65. The zero-order valence-electron chi connectivity index (χ0n) is 10.5. The van der Waals surface area contributed by atoms with Gasteiger partial charge in [0.1, 0.15) is 5.75 Å². The van der Waals surface area contributed by atoms with Crippen LogP contribution >= 0.6 is 11.6 Å². The van der Waals surface area contributed by atoms with Gasteiger partial charge in [-0.15, -0.1) is 0 Å². The number of methoxy groups -OCH3 is 1. The molecule has 0 saturated heterocycles. The van der Waals surface area contributed by atoms with Crippen molar-refractivity contribution in [2.24, 2.45) is 5.73 Å². The van der Waals surface area contributed by atoms with Gasteiger partial charge in [-0.25, -0.2) is 0 Å². The van der Waals surface area contributed by atoms with E-state index in [0.29, 0.717) is 17.6 Å². The molecule has 98 valence electrons. The van der Waals surface area contributed by atoms with Gasteiger partial charge in [0.2, 0.25) is 0 Å². The number of benzene rings is 1.